The lowest BCUT2D eigenvalue weighted by Gasteiger charge is -2.06. The van der Waals surface area contributed by atoms with Crippen LogP contribution in [-0.2, 0) is 12.8 Å². The SMILES string of the molecule is CCc1ccc(CCNc2cccc(C#N)n2)cc1. The third-order valence-electron chi connectivity index (χ3n) is 3.01. The predicted octanol–water partition coefficient (Wildman–Crippen LogP) is 3.17. The monoisotopic (exact) mass is 251 g/mol. The average molecular weight is 251 g/mol. The van der Waals surface area contributed by atoms with Gasteiger partial charge in [0.05, 0.1) is 0 Å². The van der Waals surface area contributed by atoms with E-state index >= 15 is 0 Å². The zero-order chi connectivity index (χ0) is 13.5. The van der Waals surface area contributed by atoms with Gasteiger partial charge in [0.25, 0.3) is 0 Å². The summed E-state index contributed by atoms with van der Waals surface area (Å²) in [5.41, 5.74) is 3.11. The Kier molecular flexibility index (Phi) is 4.52. The van der Waals surface area contributed by atoms with Gasteiger partial charge in [0.1, 0.15) is 17.6 Å². The molecular formula is C16H17N3. The molecule has 1 aromatic heterocycles. The summed E-state index contributed by atoms with van der Waals surface area (Å²) in [6.45, 7) is 2.97. The summed E-state index contributed by atoms with van der Waals surface area (Å²) in [5.74, 6) is 0.754. The van der Waals surface area contributed by atoms with Gasteiger partial charge in [-0.25, -0.2) is 4.98 Å². The first-order valence-electron chi connectivity index (χ1n) is 6.50. The number of hydrogen-bond acceptors (Lipinski definition) is 3. The lowest BCUT2D eigenvalue weighted by molar-refractivity contribution is 1.000. The fraction of sp³-hybridized carbons (Fsp3) is 0.250. The molecule has 0 unspecified atom stereocenters. The normalized spacial score (nSPS) is 9.89. The van der Waals surface area contributed by atoms with Gasteiger partial charge >= 0.3 is 0 Å². The highest BCUT2D eigenvalue weighted by Crippen LogP contribution is 2.07. The van der Waals surface area contributed by atoms with Crippen molar-refractivity contribution in [1.29, 1.82) is 5.26 Å². The number of aromatic nitrogens is 1. The number of benzene rings is 1. The minimum atomic E-state index is 0.442. The number of hydrogen-bond donors (Lipinski definition) is 1. The van der Waals surface area contributed by atoms with Crippen molar-refractivity contribution < 1.29 is 0 Å². The zero-order valence-electron chi connectivity index (χ0n) is 11.1. The van der Waals surface area contributed by atoms with Crippen LogP contribution in [0.5, 0.6) is 0 Å². The molecule has 3 nitrogen and oxygen atoms in total. The van der Waals surface area contributed by atoms with E-state index in [4.69, 9.17) is 5.26 Å². The van der Waals surface area contributed by atoms with Gasteiger partial charge in [0.15, 0.2) is 0 Å². The number of nitrogens with zero attached hydrogens (tertiary/aromatic N) is 2. The van der Waals surface area contributed by atoms with Gasteiger partial charge in [-0.1, -0.05) is 37.3 Å². The molecular weight excluding hydrogens is 234 g/mol. The maximum Gasteiger partial charge on any atom is 0.142 e. The van der Waals surface area contributed by atoms with E-state index in [1.54, 1.807) is 6.07 Å². The Morgan fingerprint density at radius 2 is 1.84 bits per heavy atom. The summed E-state index contributed by atoms with van der Waals surface area (Å²) in [6, 6.07) is 16.1. The Morgan fingerprint density at radius 1 is 1.11 bits per heavy atom. The highest BCUT2D eigenvalue weighted by atomic mass is 15.0. The van der Waals surface area contributed by atoms with Crippen LogP contribution in [0.4, 0.5) is 5.82 Å². The third kappa shape index (κ3) is 3.82. The Labute approximate surface area is 113 Å². The first kappa shape index (κ1) is 13.1. The summed E-state index contributed by atoms with van der Waals surface area (Å²) in [4.78, 5) is 4.18. The first-order chi connectivity index (χ1) is 9.31. The summed E-state index contributed by atoms with van der Waals surface area (Å²) >= 11 is 0. The van der Waals surface area contributed by atoms with Crippen molar-refractivity contribution in [2.45, 2.75) is 19.8 Å². The summed E-state index contributed by atoms with van der Waals surface area (Å²) in [6.07, 6.45) is 2.02. The van der Waals surface area contributed by atoms with E-state index in [1.165, 1.54) is 11.1 Å². The molecule has 96 valence electrons. The van der Waals surface area contributed by atoms with Crippen LogP contribution in [-0.4, -0.2) is 11.5 Å². The molecule has 0 bridgehead atoms. The van der Waals surface area contributed by atoms with Gasteiger partial charge in [0, 0.05) is 6.54 Å². The lowest BCUT2D eigenvalue weighted by atomic mass is 10.1. The Hall–Kier alpha value is -2.34. The molecule has 0 atom stereocenters. The number of nitriles is 1. The lowest BCUT2D eigenvalue weighted by Crippen LogP contribution is -2.06. The number of nitrogens with one attached hydrogen (secondary N) is 1. The van der Waals surface area contributed by atoms with Crippen LogP contribution in [0.25, 0.3) is 0 Å². The summed E-state index contributed by atoms with van der Waals surface area (Å²) in [7, 11) is 0. The molecule has 0 aliphatic carbocycles. The fourth-order valence-corrected chi connectivity index (χ4v) is 1.87. The Balaban J connectivity index is 1.87. The van der Waals surface area contributed by atoms with Crippen molar-refractivity contribution in [2.75, 3.05) is 11.9 Å². The molecule has 2 aromatic rings. The third-order valence-corrected chi connectivity index (χ3v) is 3.01. The highest BCUT2D eigenvalue weighted by molar-refractivity contribution is 5.38. The number of aryl methyl sites for hydroxylation is 1. The van der Waals surface area contributed by atoms with E-state index in [1.807, 2.05) is 18.2 Å². The number of anilines is 1. The molecule has 1 heterocycles. The molecule has 1 N–H and O–H groups in total. The Morgan fingerprint density at radius 3 is 2.53 bits per heavy atom. The van der Waals surface area contributed by atoms with Crippen LogP contribution in [0.2, 0.25) is 0 Å². The van der Waals surface area contributed by atoms with Crippen LogP contribution in [0, 0.1) is 11.3 Å². The number of pyridine rings is 1. The second-order valence-corrected chi connectivity index (χ2v) is 4.37. The molecule has 1 aromatic carbocycles. The van der Waals surface area contributed by atoms with Gasteiger partial charge < -0.3 is 5.32 Å². The van der Waals surface area contributed by atoms with Crippen molar-refractivity contribution in [3.63, 3.8) is 0 Å². The van der Waals surface area contributed by atoms with Crippen LogP contribution < -0.4 is 5.32 Å². The second-order valence-electron chi connectivity index (χ2n) is 4.37. The molecule has 0 spiro atoms. The van der Waals surface area contributed by atoms with Crippen molar-refractivity contribution >= 4 is 5.82 Å². The molecule has 0 saturated carbocycles. The molecule has 0 radical (unpaired) electrons. The van der Waals surface area contributed by atoms with E-state index in [-0.39, 0.29) is 0 Å². The van der Waals surface area contributed by atoms with Gasteiger partial charge in [-0.15, -0.1) is 0 Å². The molecule has 0 aliphatic heterocycles. The molecule has 2 rings (SSSR count). The second kappa shape index (κ2) is 6.55. The maximum absolute atomic E-state index is 8.77. The van der Waals surface area contributed by atoms with E-state index in [0.717, 1.165) is 25.2 Å². The van der Waals surface area contributed by atoms with E-state index in [9.17, 15) is 0 Å². The van der Waals surface area contributed by atoms with E-state index < -0.39 is 0 Å². The fourth-order valence-electron chi connectivity index (χ4n) is 1.87. The summed E-state index contributed by atoms with van der Waals surface area (Å²) in [5, 5.41) is 12.0. The van der Waals surface area contributed by atoms with Crippen molar-refractivity contribution in [3.8, 4) is 6.07 Å². The maximum atomic E-state index is 8.77. The highest BCUT2D eigenvalue weighted by Gasteiger charge is 1.97. The molecule has 3 heteroatoms. The molecule has 0 amide bonds. The molecule has 0 fully saturated rings. The molecule has 0 aliphatic rings. The number of rotatable bonds is 5. The van der Waals surface area contributed by atoms with Crippen LogP contribution in [0.15, 0.2) is 42.5 Å². The zero-order valence-corrected chi connectivity index (χ0v) is 11.1. The molecule has 19 heavy (non-hydrogen) atoms. The van der Waals surface area contributed by atoms with Gasteiger partial charge in [-0.05, 0) is 36.1 Å². The standard InChI is InChI=1S/C16H17N3/c1-2-13-6-8-14(9-7-13)10-11-18-16-5-3-4-15(12-17)19-16/h3-9H,2,10-11H2,1H3,(H,18,19). The first-order valence-corrected chi connectivity index (χ1v) is 6.50. The smallest absolute Gasteiger partial charge is 0.142 e. The topological polar surface area (TPSA) is 48.7 Å². The van der Waals surface area contributed by atoms with Crippen LogP contribution >= 0.6 is 0 Å². The average Bonchev–Trinajstić information content (AvgIpc) is 2.48. The minimum absolute atomic E-state index is 0.442. The Bertz CT molecular complexity index is 567. The van der Waals surface area contributed by atoms with Gasteiger partial charge in [-0.3, -0.25) is 0 Å². The van der Waals surface area contributed by atoms with Crippen molar-refractivity contribution in [2.24, 2.45) is 0 Å². The van der Waals surface area contributed by atoms with Crippen molar-refractivity contribution in [1.82, 2.24) is 4.98 Å². The van der Waals surface area contributed by atoms with E-state index in [2.05, 4.69) is 41.5 Å². The minimum Gasteiger partial charge on any atom is -0.370 e. The summed E-state index contributed by atoms with van der Waals surface area (Å²) < 4.78 is 0. The van der Waals surface area contributed by atoms with Crippen molar-refractivity contribution in [3.05, 3.63) is 59.3 Å². The molecule has 0 saturated heterocycles. The van der Waals surface area contributed by atoms with Crippen LogP contribution in [0.1, 0.15) is 23.7 Å². The van der Waals surface area contributed by atoms with Gasteiger partial charge in [-0.2, -0.15) is 5.26 Å². The predicted molar refractivity (Wildman–Crippen MR) is 77.0 cm³/mol. The van der Waals surface area contributed by atoms with Crippen LogP contribution in [0.3, 0.4) is 0 Å². The van der Waals surface area contributed by atoms with Gasteiger partial charge in [0.2, 0.25) is 0 Å². The van der Waals surface area contributed by atoms with E-state index in [0.29, 0.717) is 5.69 Å². The largest absolute Gasteiger partial charge is 0.370 e. The quantitative estimate of drug-likeness (QED) is 0.888.